The molecule has 1 aliphatic heterocycles. The van der Waals surface area contributed by atoms with Crippen LogP contribution in [-0.4, -0.2) is 33.9 Å². The molecule has 0 unspecified atom stereocenters. The lowest BCUT2D eigenvalue weighted by Gasteiger charge is -2.22. The van der Waals surface area contributed by atoms with Gasteiger partial charge < -0.3 is 14.7 Å². The zero-order chi connectivity index (χ0) is 19.5. The lowest BCUT2D eigenvalue weighted by Crippen LogP contribution is -2.34. The highest BCUT2D eigenvalue weighted by atomic mass is 32.2. The summed E-state index contributed by atoms with van der Waals surface area (Å²) in [5.41, 5.74) is 1.42. The predicted molar refractivity (Wildman–Crippen MR) is 106 cm³/mol. The summed E-state index contributed by atoms with van der Waals surface area (Å²) in [6, 6.07) is 13.1. The zero-order valence-corrected chi connectivity index (χ0v) is 16.1. The van der Waals surface area contributed by atoms with Crippen molar-refractivity contribution >= 4 is 23.5 Å². The van der Waals surface area contributed by atoms with Crippen LogP contribution in [0.15, 0.2) is 57.9 Å². The minimum Gasteiger partial charge on any atom is -0.337 e. The van der Waals surface area contributed by atoms with Crippen molar-refractivity contribution in [3.8, 4) is 11.4 Å². The molecule has 28 heavy (non-hydrogen) atoms. The van der Waals surface area contributed by atoms with Crippen LogP contribution in [0, 0.1) is 5.82 Å². The maximum atomic E-state index is 13.1. The van der Waals surface area contributed by atoms with E-state index in [1.165, 1.54) is 12.1 Å². The molecule has 1 aliphatic rings. The van der Waals surface area contributed by atoms with Gasteiger partial charge in [-0.3, -0.25) is 0 Å². The average Bonchev–Trinajstić information content (AvgIpc) is 3.38. The van der Waals surface area contributed by atoms with E-state index >= 15 is 0 Å². The monoisotopic (exact) mass is 398 g/mol. The number of carbonyl (C=O) groups excluding carboxylic acids is 1. The number of rotatable bonds is 4. The molecule has 1 saturated heterocycles. The van der Waals surface area contributed by atoms with Crippen LogP contribution >= 0.6 is 11.8 Å². The summed E-state index contributed by atoms with van der Waals surface area (Å²) in [6.07, 6.45) is 3.60. The number of hydrogen-bond donors (Lipinski definition) is 1. The summed E-state index contributed by atoms with van der Waals surface area (Å²) in [6.45, 7) is 0.618. The highest BCUT2D eigenvalue weighted by molar-refractivity contribution is 7.98. The van der Waals surface area contributed by atoms with Gasteiger partial charge >= 0.3 is 6.03 Å². The number of anilines is 1. The number of halogens is 1. The molecule has 8 heteroatoms. The standard InChI is InChI=1S/C20H19FN4O2S/c1-28-16-5-2-4-15(12-16)22-20(26)25-11-3-6-17(25)19-23-18(24-27-19)13-7-9-14(21)10-8-13/h2,4-5,7-10,12,17H,3,6,11H2,1H3,(H,22,26)/t17-/m0/s1. The van der Waals surface area contributed by atoms with Crippen molar-refractivity contribution in [2.24, 2.45) is 0 Å². The van der Waals surface area contributed by atoms with Crippen LogP contribution in [0.4, 0.5) is 14.9 Å². The van der Waals surface area contributed by atoms with Gasteiger partial charge in [0.1, 0.15) is 11.9 Å². The largest absolute Gasteiger partial charge is 0.337 e. The molecule has 0 bridgehead atoms. The van der Waals surface area contributed by atoms with E-state index in [1.807, 2.05) is 30.5 Å². The first-order chi connectivity index (χ1) is 13.6. The molecule has 0 radical (unpaired) electrons. The van der Waals surface area contributed by atoms with E-state index in [4.69, 9.17) is 4.52 Å². The molecule has 3 aromatic rings. The number of nitrogens with one attached hydrogen (secondary N) is 1. The van der Waals surface area contributed by atoms with Crippen LogP contribution in [-0.2, 0) is 0 Å². The van der Waals surface area contributed by atoms with Crippen LogP contribution in [0.3, 0.4) is 0 Å². The minimum atomic E-state index is -0.323. The zero-order valence-electron chi connectivity index (χ0n) is 15.3. The lowest BCUT2D eigenvalue weighted by molar-refractivity contribution is 0.193. The molecule has 1 aromatic heterocycles. The van der Waals surface area contributed by atoms with Gasteiger partial charge in [-0.1, -0.05) is 11.2 Å². The number of benzene rings is 2. The van der Waals surface area contributed by atoms with Crippen molar-refractivity contribution in [1.29, 1.82) is 0 Å². The van der Waals surface area contributed by atoms with Crippen molar-refractivity contribution in [3.63, 3.8) is 0 Å². The molecule has 0 spiro atoms. The number of amides is 2. The predicted octanol–water partition coefficient (Wildman–Crippen LogP) is 4.97. The second kappa shape index (κ2) is 8.02. The van der Waals surface area contributed by atoms with Crippen LogP contribution in [0.5, 0.6) is 0 Å². The minimum absolute atomic E-state index is 0.192. The number of likely N-dealkylation sites (tertiary alicyclic amines) is 1. The van der Waals surface area contributed by atoms with Gasteiger partial charge in [-0.15, -0.1) is 11.8 Å². The summed E-state index contributed by atoms with van der Waals surface area (Å²) >= 11 is 1.62. The van der Waals surface area contributed by atoms with E-state index < -0.39 is 0 Å². The summed E-state index contributed by atoms with van der Waals surface area (Å²) in [5.74, 6) is 0.455. The highest BCUT2D eigenvalue weighted by Gasteiger charge is 2.34. The second-order valence-corrected chi connectivity index (χ2v) is 7.36. The smallest absolute Gasteiger partial charge is 0.322 e. The first-order valence-corrected chi connectivity index (χ1v) is 10.2. The van der Waals surface area contributed by atoms with E-state index in [-0.39, 0.29) is 17.9 Å². The first-order valence-electron chi connectivity index (χ1n) is 8.95. The quantitative estimate of drug-likeness (QED) is 0.629. The Labute approximate surface area is 166 Å². The summed E-state index contributed by atoms with van der Waals surface area (Å²) < 4.78 is 18.5. The van der Waals surface area contributed by atoms with Gasteiger partial charge in [-0.05, 0) is 61.6 Å². The molecule has 1 fully saturated rings. The van der Waals surface area contributed by atoms with Crippen LogP contribution in [0.25, 0.3) is 11.4 Å². The molecule has 6 nitrogen and oxygen atoms in total. The van der Waals surface area contributed by atoms with E-state index in [2.05, 4.69) is 15.5 Å². The average molecular weight is 398 g/mol. The Bertz CT molecular complexity index is 976. The topological polar surface area (TPSA) is 71.3 Å². The van der Waals surface area contributed by atoms with E-state index in [0.29, 0.717) is 23.8 Å². The van der Waals surface area contributed by atoms with Crippen molar-refractivity contribution in [3.05, 3.63) is 60.2 Å². The fraction of sp³-hybridized carbons (Fsp3) is 0.250. The fourth-order valence-corrected chi connectivity index (χ4v) is 3.71. The molecule has 2 aromatic carbocycles. The van der Waals surface area contributed by atoms with E-state index in [9.17, 15) is 9.18 Å². The van der Waals surface area contributed by atoms with Gasteiger partial charge in [0.05, 0.1) is 0 Å². The fourth-order valence-electron chi connectivity index (χ4n) is 3.25. The maximum absolute atomic E-state index is 13.1. The molecule has 144 valence electrons. The van der Waals surface area contributed by atoms with Crippen LogP contribution < -0.4 is 5.32 Å². The Morgan fingerprint density at radius 2 is 2.11 bits per heavy atom. The Morgan fingerprint density at radius 3 is 2.89 bits per heavy atom. The highest BCUT2D eigenvalue weighted by Crippen LogP contribution is 2.32. The molecule has 4 rings (SSSR count). The second-order valence-electron chi connectivity index (χ2n) is 6.48. The van der Waals surface area contributed by atoms with Crippen molar-refractivity contribution in [2.75, 3.05) is 18.1 Å². The number of nitrogens with zero attached hydrogens (tertiary/aromatic N) is 3. The molecule has 0 saturated carbocycles. The van der Waals surface area contributed by atoms with Crippen LogP contribution in [0.2, 0.25) is 0 Å². The van der Waals surface area contributed by atoms with Crippen molar-refractivity contribution < 1.29 is 13.7 Å². The molecule has 0 aliphatic carbocycles. The molecule has 1 N–H and O–H groups in total. The number of carbonyl (C=O) groups is 1. The van der Waals surface area contributed by atoms with Gasteiger partial charge in [0.2, 0.25) is 11.7 Å². The first kappa shape index (κ1) is 18.5. The Hall–Kier alpha value is -2.87. The van der Waals surface area contributed by atoms with Gasteiger partial charge in [0.25, 0.3) is 0 Å². The Balaban J connectivity index is 1.50. The van der Waals surface area contributed by atoms with Crippen molar-refractivity contribution in [2.45, 2.75) is 23.8 Å². The van der Waals surface area contributed by atoms with Gasteiger partial charge in [0, 0.05) is 22.7 Å². The Morgan fingerprint density at radius 1 is 1.29 bits per heavy atom. The molecule has 2 heterocycles. The van der Waals surface area contributed by atoms with E-state index in [0.717, 1.165) is 23.4 Å². The summed E-state index contributed by atoms with van der Waals surface area (Å²) in [5, 5.41) is 6.94. The SMILES string of the molecule is CSc1cccc(NC(=O)N2CCC[C@H]2c2nc(-c3ccc(F)cc3)no2)c1. The molecular formula is C20H19FN4O2S. The summed E-state index contributed by atoms with van der Waals surface area (Å²) in [7, 11) is 0. The third kappa shape index (κ3) is 3.87. The molecule has 2 amide bonds. The van der Waals surface area contributed by atoms with Gasteiger partial charge in [-0.25, -0.2) is 9.18 Å². The third-order valence-electron chi connectivity index (χ3n) is 4.66. The van der Waals surface area contributed by atoms with Crippen LogP contribution in [0.1, 0.15) is 24.8 Å². The number of thioether (sulfide) groups is 1. The normalized spacial score (nSPS) is 16.4. The number of hydrogen-bond acceptors (Lipinski definition) is 5. The van der Waals surface area contributed by atoms with E-state index in [1.54, 1.807) is 28.8 Å². The molecular weight excluding hydrogens is 379 g/mol. The van der Waals surface area contributed by atoms with Gasteiger partial charge in [-0.2, -0.15) is 4.98 Å². The summed E-state index contributed by atoms with van der Waals surface area (Å²) in [4.78, 5) is 20.0. The lowest BCUT2D eigenvalue weighted by atomic mass is 10.2. The molecule has 1 atom stereocenters. The van der Waals surface area contributed by atoms with Gasteiger partial charge in [0.15, 0.2) is 0 Å². The Kier molecular flexibility index (Phi) is 5.29. The number of aromatic nitrogens is 2. The van der Waals surface area contributed by atoms with Crippen molar-refractivity contribution in [1.82, 2.24) is 15.0 Å². The maximum Gasteiger partial charge on any atom is 0.322 e. The number of urea groups is 1. The third-order valence-corrected chi connectivity index (χ3v) is 5.39.